The molecule has 0 atom stereocenters. The van der Waals surface area contributed by atoms with Crippen molar-refractivity contribution in [2.75, 3.05) is 5.32 Å². The summed E-state index contributed by atoms with van der Waals surface area (Å²) in [7, 11) is 0. The minimum absolute atomic E-state index is 0.00690. The van der Waals surface area contributed by atoms with Gasteiger partial charge >= 0.3 is 0 Å². The highest BCUT2D eigenvalue weighted by molar-refractivity contribution is 5.27. The molecule has 0 saturated heterocycles. The van der Waals surface area contributed by atoms with Crippen molar-refractivity contribution in [3.8, 4) is 0 Å². The van der Waals surface area contributed by atoms with E-state index < -0.39 is 4.92 Å². The SMILES string of the molecule is C/C(=C/Nc1ncccn1)[N+](=O)[O-]. The topological polar surface area (TPSA) is 81.0 Å². The Kier molecular flexibility index (Phi) is 2.91. The van der Waals surface area contributed by atoms with Crippen molar-refractivity contribution in [2.24, 2.45) is 0 Å². The lowest BCUT2D eigenvalue weighted by atomic mass is 10.5. The second kappa shape index (κ2) is 4.15. The fourth-order valence-electron chi connectivity index (χ4n) is 0.595. The van der Waals surface area contributed by atoms with Crippen LogP contribution < -0.4 is 5.32 Å². The molecule has 1 aromatic heterocycles. The monoisotopic (exact) mass is 180 g/mol. The molecule has 6 heteroatoms. The third-order valence-corrected chi connectivity index (χ3v) is 1.26. The molecule has 0 radical (unpaired) electrons. The third-order valence-electron chi connectivity index (χ3n) is 1.26. The molecule has 1 heterocycles. The molecule has 0 aromatic carbocycles. The number of nitro groups is 1. The van der Waals surface area contributed by atoms with Gasteiger partial charge in [-0.2, -0.15) is 0 Å². The molecule has 0 saturated carbocycles. The summed E-state index contributed by atoms with van der Waals surface area (Å²) in [5, 5.41) is 12.8. The fraction of sp³-hybridized carbons (Fsp3) is 0.143. The first-order chi connectivity index (χ1) is 6.20. The first kappa shape index (κ1) is 9.11. The molecule has 0 aliphatic heterocycles. The largest absolute Gasteiger partial charge is 0.325 e. The van der Waals surface area contributed by atoms with Crippen LogP contribution in [0.3, 0.4) is 0 Å². The van der Waals surface area contributed by atoms with Crippen LogP contribution in [-0.2, 0) is 0 Å². The molecule has 13 heavy (non-hydrogen) atoms. The quantitative estimate of drug-likeness (QED) is 0.554. The predicted molar refractivity (Wildman–Crippen MR) is 46.4 cm³/mol. The third kappa shape index (κ3) is 2.86. The average Bonchev–Trinajstić information content (AvgIpc) is 2.15. The Hall–Kier alpha value is -1.98. The highest BCUT2D eigenvalue weighted by Crippen LogP contribution is 1.97. The van der Waals surface area contributed by atoms with Crippen LogP contribution in [0.4, 0.5) is 5.95 Å². The Morgan fingerprint density at radius 3 is 2.77 bits per heavy atom. The maximum absolute atomic E-state index is 10.2. The van der Waals surface area contributed by atoms with E-state index in [0.29, 0.717) is 5.95 Å². The molecule has 0 bridgehead atoms. The van der Waals surface area contributed by atoms with Crippen molar-refractivity contribution in [1.29, 1.82) is 0 Å². The van der Waals surface area contributed by atoms with Gasteiger partial charge in [-0.15, -0.1) is 0 Å². The Morgan fingerprint density at radius 2 is 2.23 bits per heavy atom. The zero-order valence-corrected chi connectivity index (χ0v) is 6.97. The number of rotatable bonds is 3. The summed E-state index contributed by atoms with van der Waals surface area (Å²) in [6.45, 7) is 1.38. The Morgan fingerprint density at radius 1 is 1.62 bits per heavy atom. The second-order valence-electron chi connectivity index (χ2n) is 2.26. The summed E-state index contributed by atoms with van der Waals surface area (Å²) in [5.74, 6) is 0.337. The van der Waals surface area contributed by atoms with Crippen molar-refractivity contribution in [2.45, 2.75) is 6.92 Å². The van der Waals surface area contributed by atoms with E-state index in [4.69, 9.17) is 0 Å². The maximum Gasteiger partial charge on any atom is 0.259 e. The van der Waals surface area contributed by atoms with Gasteiger partial charge in [0.05, 0.1) is 11.1 Å². The average molecular weight is 180 g/mol. The van der Waals surface area contributed by atoms with E-state index in [1.807, 2.05) is 0 Å². The zero-order valence-electron chi connectivity index (χ0n) is 6.97. The first-order valence-corrected chi connectivity index (χ1v) is 3.55. The van der Waals surface area contributed by atoms with E-state index in [9.17, 15) is 10.1 Å². The summed E-state index contributed by atoms with van der Waals surface area (Å²) in [4.78, 5) is 17.3. The second-order valence-corrected chi connectivity index (χ2v) is 2.26. The number of hydrogen-bond donors (Lipinski definition) is 1. The van der Waals surface area contributed by atoms with Crippen LogP contribution >= 0.6 is 0 Å². The Balaban J connectivity index is 2.62. The summed E-state index contributed by atoms with van der Waals surface area (Å²) in [5.41, 5.74) is 0.00690. The summed E-state index contributed by atoms with van der Waals surface area (Å²) in [6.07, 6.45) is 4.34. The summed E-state index contributed by atoms with van der Waals surface area (Å²) >= 11 is 0. The number of anilines is 1. The summed E-state index contributed by atoms with van der Waals surface area (Å²) < 4.78 is 0. The van der Waals surface area contributed by atoms with E-state index >= 15 is 0 Å². The van der Waals surface area contributed by atoms with E-state index in [1.54, 1.807) is 18.5 Å². The lowest BCUT2D eigenvalue weighted by Crippen LogP contribution is -2.00. The van der Waals surface area contributed by atoms with Crippen LogP contribution in [0.15, 0.2) is 30.4 Å². The highest BCUT2D eigenvalue weighted by atomic mass is 16.6. The lowest BCUT2D eigenvalue weighted by molar-refractivity contribution is -0.424. The molecule has 68 valence electrons. The van der Waals surface area contributed by atoms with Gasteiger partial charge in [-0.1, -0.05) is 0 Å². The van der Waals surface area contributed by atoms with Crippen molar-refractivity contribution >= 4 is 5.95 Å². The maximum atomic E-state index is 10.2. The smallest absolute Gasteiger partial charge is 0.259 e. The van der Waals surface area contributed by atoms with Gasteiger partial charge in [-0.3, -0.25) is 10.1 Å². The molecule has 0 fully saturated rings. The van der Waals surface area contributed by atoms with Crippen molar-refractivity contribution in [3.05, 3.63) is 40.5 Å². The minimum atomic E-state index is -0.490. The predicted octanol–water partition coefficient (Wildman–Crippen LogP) is 1.03. The van der Waals surface area contributed by atoms with E-state index in [1.165, 1.54) is 13.1 Å². The molecule has 0 amide bonds. The molecule has 6 nitrogen and oxygen atoms in total. The van der Waals surface area contributed by atoms with Crippen LogP contribution in [-0.4, -0.2) is 14.9 Å². The van der Waals surface area contributed by atoms with Crippen molar-refractivity contribution in [3.63, 3.8) is 0 Å². The van der Waals surface area contributed by atoms with Crippen molar-refractivity contribution < 1.29 is 4.92 Å². The van der Waals surface area contributed by atoms with Gasteiger partial charge in [0, 0.05) is 19.3 Å². The van der Waals surface area contributed by atoms with Crippen LogP contribution in [0, 0.1) is 10.1 Å². The van der Waals surface area contributed by atoms with E-state index in [-0.39, 0.29) is 5.70 Å². The van der Waals surface area contributed by atoms with Crippen molar-refractivity contribution in [1.82, 2.24) is 9.97 Å². The van der Waals surface area contributed by atoms with Crippen LogP contribution in [0.1, 0.15) is 6.92 Å². The van der Waals surface area contributed by atoms with Crippen LogP contribution in [0.5, 0.6) is 0 Å². The number of nitrogens with zero attached hydrogens (tertiary/aromatic N) is 3. The molecule has 0 aliphatic carbocycles. The number of allylic oxidation sites excluding steroid dienone is 1. The Labute approximate surface area is 74.5 Å². The number of nitrogens with one attached hydrogen (secondary N) is 1. The van der Waals surface area contributed by atoms with E-state index in [2.05, 4.69) is 15.3 Å². The van der Waals surface area contributed by atoms with Gasteiger partial charge in [0.2, 0.25) is 5.95 Å². The molecule has 0 spiro atoms. The highest BCUT2D eigenvalue weighted by Gasteiger charge is 2.00. The van der Waals surface area contributed by atoms with Gasteiger partial charge in [0.25, 0.3) is 5.70 Å². The molecule has 1 rings (SSSR count). The molecular weight excluding hydrogens is 172 g/mol. The number of aromatic nitrogens is 2. The molecular formula is C7H8N4O2. The standard InChI is InChI=1S/C7H8N4O2/c1-6(11(12)13)5-10-7-8-3-2-4-9-7/h2-5H,1H3,(H,8,9,10)/b6-5-. The lowest BCUT2D eigenvalue weighted by Gasteiger charge is -1.95. The van der Waals surface area contributed by atoms with Gasteiger partial charge in [-0.25, -0.2) is 9.97 Å². The fourth-order valence-corrected chi connectivity index (χ4v) is 0.595. The van der Waals surface area contributed by atoms with Gasteiger partial charge < -0.3 is 5.32 Å². The molecule has 1 N–H and O–H groups in total. The van der Waals surface area contributed by atoms with Crippen LogP contribution in [0.25, 0.3) is 0 Å². The Bertz CT molecular complexity index is 323. The summed E-state index contributed by atoms with van der Waals surface area (Å²) in [6, 6.07) is 1.66. The number of hydrogen-bond acceptors (Lipinski definition) is 5. The van der Waals surface area contributed by atoms with Gasteiger partial charge in [0.1, 0.15) is 0 Å². The van der Waals surface area contributed by atoms with Gasteiger partial charge in [-0.05, 0) is 6.07 Å². The van der Waals surface area contributed by atoms with Gasteiger partial charge in [0.15, 0.2) is 0 Å². The minimum Gasteiger partial charge on any atom is -0.325 e. The van der Waals surface area contributed by atoms with Crippen LogP contribution in [0.2, 0.25) is 0 Å². The van der Waals surface area contributed by atoms with E-state index in [0.717, 1.165) is 0 Å². The molecule has 1 aromatic rings. The molecule has 0 unspecified atom stereocenters. The first-order valence-electron chi connectivity index (χ1n) is 3.55. The molecule has 0 aliphatic rings. The normalized spacial score (nSPS) is 11.0. The zero-order chi connectivity index (χ0) is 9.68.